The molecule has 0 fully saturated rings. The van der Waals surface area contributed by atoms with Gasteiger partial charge in [0.25, 0.3) is 0 Å². The quantitative estimate of drug-likeness (QED) is 0.152. The van der Waals surface area contributed by atoms with Crippen molar-refractivity contribution in [1.29, 1.82) is 0 Å². The Morgan fingerprint density at radius 1 is 0.581 bits per heavy atom. The van der Waals surface area contributed by atoms with E-state index in [4.69, 9.17) is 5.73 Å². The number of hydrogen-bond acceptors (Lipinski definition) is 6. The van der Waals surface area contributed by atoms with Crippen molar-refractivity contribution in [3.05, 3.63) is 108 Å². The van der Waals surface area contributed by atoms with Gasteiger partial charge in [-0.1, -0.05) is 91.0 Å². The van der Waals surface area contributed by atoms with Gasteiger partial charge >= 0.3 is 5.97 Å². The number of benzene rings is 3. The molecule has 0 aliphatic heterocycles. The Balaban J connectivity index is 1.87. The number of carbonyl (C=O) groups is 5. The Hall–Kier alpha value is -5.03. The summed E-state index contributed by atoms with van der Waals surface area (Å²) < 4.78 is 0. The topological polar surface area (TPSA) is 180 Å². The molecule has 0 aromatic heterocycles. The van der Waals surface area contributed by atoms with E-state index in [1.54, 1.807) is 48.5 Å². The van der Waals surface area contributed by atoms with Crippen LogP contribution < -0.4 is 27.0 Å². The third-order valence-electron chi connectivity index (χ3n) is 6.68. The molecule has 0 heterocycles. The minimum absolute atomic E-state index is 0.0833. The van der Waals surface area contributed by atoms with Gasteiger partial charge in [0.2, 0.25) is 23.6 Å². The lowest BCUT2D eigenvalue weighted by atomic mass is 10.0. The summed E-state index contributed by atoms with van der Waals surface area (Å²) in [4.78, 5) is 64.0. The SMILES string of the molecule is C[C@@H](NC(=O)[C@@H](Cc1ccccc1)NC(=O)[C@@H](Cc1ccccc1)NC(=O)[C@@H](Cc1ccccc1)NC(=O)CN)C(=O)O. The van der Waals surface area contributed by atoms with Gasteiger partial charge in [0.1, 0.15) is 24.2 Å². The van der Waals surface area contributed by atoms with Crippen molar-refractivity contribution in [2.45, 2.75) is 50.4 Å². The fraction of sp³-hybridized carbons (Fsp3) is 0.281. The monoisotopic (exact) mass is 587 g/mol. The molecule has 0 saturated heterocycles. The molecule has 0 aliphatic rings. The number of carbonyl (C=O) groups excluding carboxylic acids is 4. The Morgan fingerprint density at radius 3 is 1.23 bits per heavy atom. The fourth-order valence-corrected chi connectivity index (χ4v) is 4.35. The molecule has 11 nitrogen and oxygen atoms in total. The van der Waals surface area contributed by atoms with Crippen molar-refractivity contribution < 1.29 is 29.1 Å². The van der Waals surface area contributed by atoms with Gasteiger partial charge in [0, 0.05) is 19.3 Å². The molecule has 3 rings (SSSR count). The first-order valence-electron chi connectivity index (χ1n) is 13.9. The standard InChI is InChI=1S/C32H37N5O6/c1-21(32(42)43)34-29(39)26(18-23-13-7-3-8-14-23)36-31(41)27(19-24-15-9-4-10-16-24)37-30(40)25(35-28(38)20-33)17-22-11-5-2-6-12-22/h2-16,21,25-27H,17-20,33H2,1H3,(H,34,39)(H,35,38)(H,36,41)(H,37,40)(H,42,43)/t21-,25-,26-,27-/m1/s1. The molecule has 43 heavy (non-hydrogen) atoms. The lowest BCUT2D eigenvalue weighted by molar-refractivity contribution is -0.141. The lowest BCUT2D eigenvalue weighted by Gasteiger charge is -2.26. The summed E-state index contributed by atoms with van der Waals surface area (Å²) >= 11 is 0. The molecule has 3 aromatic rings. The molecule has 0 bridgehead atoms. The summed E-state index contributed by atoms with van der Waals surface area (Å²) in [5.41, 5.74) is 7.76. The molecule has 11 heteroatoms. The second-order valence-electron chi connectivity index (χ2n) is 10.1. The first kappa shape index (κ1) is 32.5. The first-order chi connectivity index (χ1) is 20.7. The molecule has 0 spiro atoms. The number of amides is 4. The average Bonchev–Trinajstić information content (AvgIpc) is 3.01. The molecular formula is C32H37N5O6. The van der Waals surface area contributed by atoms with E-state index >= 15 is 0 Å². The van der Waals surface area contributed by atoms with E-state index in [2.05, 4.69) is 21.3 Å². The molecule has 4 atom stereocenters. The molecule has 0 radical (unpaired) electrons. The van der Waals surface area contributed by atoms with Crippen molar-refractivity contribution in [2.75, 3.05) is 6.54 Å². The minimum Gasteiger partial charge on any atom is -0.480 e. The highest BCUT2D eigenvalue weighted by atomic mass is 16.4. The van der Waals surface area contributed by atoms with Crippen molar-refractivity contribution in [3.63, 3.8) is 0 Å². The summed E-state index contributed by atoms with van der Waals surface area (Å²) in [5, 5.41) is 19.8. The highest BCUT2D eigenvalue weighted by Gasteiger charge is 2.31. The van der Waals surface area contributed by atoms with E-state index < -0.39 is 53.8 Å². The van der Waals surface area contributed by atoms with Crippen LogP contribution in [0.4, 0.5) is 0 Å². The fourth-order valence-electron chi connectivity index (χ4n) is 4.35. The van der Waals surface area contributed by atoms with Crippen LogP contribution in [0.3, 0.4) is 0 Å². The largest absolute Gasteiger partial charge is 0.480 e. The van der Waals surface area contributed by atoms with Crippen molar-refractivity contribution in [1.82, 2.24) is 21.3 Å². The van der Waals surface area contributed by atoms with Crippen LogP contribution in [-0.4, -0.2) is 65.4 Å². The number of aliphatic carboxylic acids is 1. The zero-order chi connectivity index (χ0) is 31.2. The van der Waals surface area contributed by atoms with E-state index in [0.29, 0.717) is 0 Å². The van der Waals surface area contributed by atoms with Gasteiger partial charge in [-0.3, -0.25) is 24.0 Å². The normalized spacial score (nSPS) is 13.4. The molecule has 0 aliphatic carbocycles. The van der Waals surface area contributed by atoms with E-state index in [0.717, 1.165) is 16.7 Å². The Kier molecular flexibility index (Phi) is 12.4. The molecule has 4 amide bonds. The van der Waals surface area contributed by atoms with Crippen molar-refractivity contribution >= 4 is 29.6 Å². The molecule has 7 N–H and O–H groups in total. The second kappa shape index (κ2) is 16.4. The molecule has 0 unspecified atom stereocenters. The number of carboxylic acid groups (broad SMARTS) is 1. The number of nitrogens with one attached hydrogen (secondary N) is 4. The summed E-state index contributed by atoms with van der Waals surface area (Å²) in [6, 6.07) is 22.5. The zero-order valence-corrected chi connectivity index (χ0v) is 23.9. The van der Waals surface area contributed by atoms with E-state index in [9.17, 15) is 29.1 Å². The van der Waals surface area contributed by atoms with Crippen LogP contribution in [0.25, 0.3) is 0 Å². The van der Waals surface area contributed by atoms with Crippen LogP contribution in [-0.2, 0) is 43.2 Å². The second-order valence-corrected chi connectivity index (χ2v) is 10.1. The Labute approximate surface area is 250 Å². The van der Waals surface area contributed by atoms with E-state index in [-0.39, 0.29) is 25.8 Å². The smallest absolute Gasteiger partial charge is 0.325 e. The summed E-state index contributed by atoms with van der Waals surface area (Å²) in [5.74, 6) is -3.71. The minimum atomic E-state index is -1.23. The van der Waals surface area contributed by atoms with Gasteiger partial charge in [-0.2, -0.15) is 0 Å². The lowest BCUT2D eigenvalue weighted by Crippen LogP contribution is -2.59. The number of nitrogens with two attached hydrogens (primary N) is 1. The third kappa shape index (κ3) is 10.7. The van der Waals surface area contributed by atoms with E-state index in [1.807, 2.05) is 42.5 Å². The molecular weight excluding hydrogens is 550 g/mol. The Morgan fingerprint density at radius 2 is 0.907 bits per heavy atom. The van der Waals surface area contributed by atoms with Crippen LogP contribution in [0.15, 0.2) is 91.0 Å². The van der Waals surface area contributed by atoms with Crippen LogP contribution >= 0.6 is 0 Å². The maximum absolute atomic E-state index is 13.7. The van der Waals surface area contributed by atoms with Crippen molar-refractivity contribution in [3.8, 4) is 0 Å². The summed E-state index contributed by atoms with van der Waals surface area (Å²) in [6.45, 7) is 1.00. The average molecular weight is 588 g/mol. The van der Waals surface area contributed by atoms with Crippen molar-refractivity contribution in [2.24, 2.45) is 5.73 Å². The maximum atomic E-state index is 13.7. The van der Waals surface area contributed by atoms with Crippen LogP contribution in [0.2, 0.25) is 0 Å². The van der Waals surface area contributed by atoms with Gasteiger partial charge in [0.05, 0.1) is 6.54 Å². The summed E-state index contributed by atoms with van der Waals surface area (Å²) in [6.07, 6.45) is 0.330. The van der Waals surface area contributed by atoms with Gasteiger partial charge in [-0.05, 0) is 23.6 Å². The number of hydrogen-bond donors (Lipinski definition) is 6. The molecule has 226 valence electrons. The highest BCUT2D eigenvalue weighted by molar-refractivity contribution is 5.95. The predicted octanol–water partition coefficient (Wildman–Crippen LogP) is 0.717. The van der Waals surface area contributed by atoms with Crippen LogP contribution in [0, 0.1) is 0 Å². The molecule has 3 aromatic carbocycles. The predicted molar refractivity (Wildman–Crippen MR) is 161 cm³/mol. The van der Waals surface area contributed by atoms with Gasteiger partial charge in [-0.15, -0.1) is 0 Å². The zero-order valence-electron chi connectivity index (χ0n) is 23.9. The summed E-state index contributed by atoms with van der Waals surface area (Å²) in [7, 11) is 0. The third-order valence-corrected chi connectivity index (χ3v) is 6.68. The Bertz CT molecular complexity index is 1370. The van der Waals surface area contributed by atoms with Crippen LogP contribution in [0.5, 0.6) is 0 Å². The molecule has 0 saturated carbocycles. The number of rotatable bonds is 15. The van der Waals surface area contributed by atoms with Crippen LogP contribution in [0.1, 0.15) is 23.6 Å². The van der Waals surface area contributed by atoms with Gasteiger partial charge in [-0.25, -0.2) is 0 Å². The van der Waals surface area contributed by atoms with Gasteiger partial charge in [0.15, 0.2) is 0 Å². The number of carboxylic acids is 1. The highest BCUT2D eigenvalue weighted by Crippen LogP contribution is 2.09. The maximum Gasteiger partial charge on any atom is 0.325 e. The van der Waals surface area contributed by atoms with E-state index in [1.165, 1.54) is 6.92 Å². The first-order valence-corrected chi connectivity index (χ1v) is 13.9. The van der Waals surface area contributed by atoms with Gasteiger partial charge < -0.3 is 32.1 Å².